The van der Waals surface area contributed by atoms with Crippen LogP contribution >= 0.6 is 23.5 Å². The first-order valence-electron chi connectivity index (χ1n) is 8.94. The summed E-state index contributed by atoms with van der Waals surface area (Å²) in [7, 11) is -15.1. The molecule has 0 radical (unpaired) electrons. The third kappa shape index (κ3) is 7.35. The van der Waals surface area contributed by atoms with Crippen LogP contribution in [0, 0.1) is 0 Å². The summed E-state index contributed by atoms with van der Waals surface area (Å²) in [5.41, 5.74) is 12.1. The van der Waals surface area contributed by atoms with Crippen molar-refractivity contribution in [3.05, 3.63) is 12.8 Å². The fraction of sp³-hybridized carbons (Fsp3) is 0.750. The molecule has 0 bridgehead atoms. The molecule has 9 atom stereocenters. The summed E-state index contributed by atoms with van der Waals surface area (Å²) < 4.78 is 51.0. The van der Waals surface area contributed by atoms with E-state index in [1.54, 1.807) is 11.9 Å². The molecule has 0 aromatic carbocycles. The fourth-order valence-electron chi connectivity index (χ4n) is 3.02. The third-order valence-corrected chi connectivity index (χ3v) is 8.38. The number of aliphatic imine (C=N–C) groups is 1. The zero-order valence-electron chi connectivity index (χ0n) is 17.0. The van der Waals surface area contributed by atoms with Gasteiger partial charge >= 0.3 is 23.5 Å². The standard InChI is InChI=1S/C12H26N5O13P3/c1-3-17(11-7(13)10(14)16(2)5-15-11)12-9(19)8(18)6(28-12)4-27-32(23,24)30-33(25,26)29-31(20,21)22/h3,5-12,18-19H,1,4,13-14H2,2H3,(H,23,24)(H,25,26)(H2,20,21,22)/t6?,7-,8?,9?,10-,11?,12?/m0/s1. The summed E-state index contributed by atoms with van der Waals surface area (Å²) in [5.74, 6) is 0. The minimum atomic E-state index is -5.71. The van der Waals surface area contributed by atoms with Crippen LogP contribution < -0.4 is 11.5 Å². The van der Waals surface area contributed by atoms with Crippen LogP contribution in [0.15, 0.2) is 17.8 Å². The Morgan fingerprint density at radius 2 is 1.76 bits per heavy atom. The van der Waals surface area contributed by atoms with Gasteiger partial charge in [-0.05, 0) is 6.20 Å². The van der Waals surface area contributed by atoms with Gasteiger partial charge in [-0.1, -0.05) is 6.58 Å². The molecule has 1 fully saturated rings. The molecular weight excluding hydrogens is 515 g/mol. The summed E-state index contributed by atoms with van der Waals surface area (Å²) in [6, 6.07) is -0.778. The lowest BCUT2D eigenvalue weighted by Gasteiger charge is -2.42. The highest BCUT2D eigenvalue weighted by atomic mass is 31.3. The lowest BCUT2D eigenvalue weighted by atomic mass is 10.1. The normalized spacial score (nSPS) is 36.3. The average Bonchev–Trinajstić information content (AvgIpc) is 2.92. The van der Waals surface area contributed by atoms with Crippen LogP contribution in [0.4, 0.5) is 0 Å². The largest absolute Gasteiger partial charge is 0.490 e. The Morgan fingerprint density at radius 1 is 1.15 bits per heavy atom. The highest BCUT2D eigenvalue weighted by molar-refractivity contribution is 7.66. The zero-order valence-corrected chi connectivity index (χ0v) is 19.7. The van der Waals surface area contributed by atoms with Crippen LogP contribution in [0.25, 0.3) is 0 Å². The molecule has 0 amide bonds. The number of rotatable bonds is 10. The fourth-order valence-corrected chi connectivity index (χ4v) is 6.05. The van der Waals surface area contributed by atoms with Gasteiger partial charge in [0, 0.05) is 7.05 Å². The maximum absolute atomic E-state index is 11.9. The number of aliphatic hydroxyl groups is 2. The molecule has 0 aromatic heterocycles. The van der Waals surface area contributed by atoms with Crippen molar-refractivity contribution < 1.29 is 61.4 Å². The van der Waals surface area contributed by atoms with Gasteiger partial charge in [-0.2, -0.15) is 8.62 Å². The quantitative estimate of drug-likeness (QED) is 0.129. The molecule has 10 N–H and O–H groups in total. The monoisotopic (exact) mass is 541 g/mol. The van der Waals surface area contributed by atoms with E-state index in [0.717, 1.165) is 0 Å². The molecular formula is C12H26N5O13P3. The van der Waals surface area contributed by atoms with Crippen molar-refractivity contribution in [2.45, 2.75) is 42.9 Å². The first-order valence-corrected chi connectivity index (χ1v) is 13.5. The van der Waals surface area contributed by atoms with Crippen molar-refractivity contribution in [3.63, 3.8) is 0 Å². The summed E-state index contributed by atoms with van der Waals surface area (Å²) in [4.78, 5) is 42.8. The van der Waals surface area contributed by atoms with Gasteiger partial charge in [0.25, 0.3) is 0 Å². The van der Waals surface area contributed by atoms with Crippen molar-refractivity contribution >= 4 is 29.8 Å². The summed E-state index contributed by atoms with van der Waals surface area (Å²) in [5, 5.41) is 20.6. The Labute approximate surface area is 187 Å². The van der Waals surface area contributed by atoms with Crippen LogP contribution in [0.1, 0.15) is 0 Å². The predicted octanol–water partition coefficient (Wildman–Crippen LogP) is -2.87. The number of nitrogens with zero attached hydrogens (tertiary/aromatic N) is 3. The van der Waals surface area contributed by atoms with E-state index >= 15 is 0 Å². The van der Waals surface area contributed by atoms with Gasteiger partial charge in [0.2, 0.25) is 0 Å². The first-order chi connectivity index (χ1) is 15.0. The summed E-state index contributed by atoms with van der Waals surface area (Å²) in [6.07, 6.45) is -4.98. The Kier molecular flexibility index (Phi) is 9.02. The van der Waals surface area contributed by atoms with E-state index in [1.165, 1.54) is 17.4 Å². The van der Waals surface area contributed by atoms with E-state index in [2.05, 4.69) is 24.7 Å². The minimum Gasteiger partial charge on any atom is -0.387 e. The van der Waals surface area contributed by atoms with E-state index < -0.39 is 73.0 Å². The van der Waals surface area contributed by atoms with E-state index in [9.17, 15) is 28.8 Å². The lowest BCUT2D eigenvalue weighted by Crippen LogP contribution is -2.64. The lowest BCUT2D eigenvalue weighted by molar-refractivity contribution is -0.0965. The molecule has 33 heavy (non-hydrogen) atoms. The topological polar surface area (TPSA) is 280 Å². The van der Waals surface area contributed by atoms with Gasteiger partial charge < -0.3 is 55.8 Å². The number of hydrogen-bond acceptors (Lipinski definition) is 14. The van der Waals surface area contributed by atoms with Gasteiger partial charge in [0.15, 0.2) is 6.23 Å². The second kappa shape index (κ2) is 10.5. The number of nitrogens with two attached hydrogens (primary N) is 2. The molecule has 2 rings (SSSR count). The zero-order chi connectivity index (χ0) is 25.4. The molecule has 0 spiro atoms. The van der Waals surface area contributed by atoms with Gasteiger partial charge in [-0.25, -0.2) is 18.7 Å². The maximum atomic E-state index is 11.9. The minimum absolute atomic E-state index is 0.653. The van der Waals surface area contributed by atoms with E-state index in [1.807, 2.05) is 0 Å². The molecule has 18 nitrogen and oxygen atoms in total. The van der Waals surface area contributed by atoms with Gasteiger partial charge in [-0.3, -0.25) is 4.52 Å². The Hall–Kier alpha value is -0.780. The molecule has 1 saturated heterocycles. The summed E-state index contributed by atoms with van der Waals surface area (Å²) >= 11 is 0. The number of phosphoric ester groups is 1. The molecule has 0 saturated carbocycles. The Bertz CT molecular complexity index is 887. The van der Waals surface area contributed by atoms with Crippen LogP contribution in [-0.4, -0.2) is 102 Å². The number of phosphoric acid groups is 3. The van der Waals surface area contributed by atoms with E-state index in [4.69, 9.17) is 30.9 Å². The molecule has 0 aromatic rings. The maximum Gasteiger partial charge on any atom is 0.490 e. The predicted molar refractivity (Wildman–Crippen MR) is 109 cm³/mol. The molecule has 21 heteroatoms. The SMILES string of the molecule is C=CN(C1OC(COP(=O)(O)OP(=O)(O)OP(=O)(O)O)C(O)C1O)C1N=CN(C)[C@H](N)[C@@H]1N. The number of hydrogen-bond donors (Lipinski definition) is 8. The average molecular weight is 541 g/mol. The Balaban J connectivity index is 2.07. The molecule has 7 unspecified atom stereocenters. The van der Waals surface area contributed by atoms with Gasteiger partial charge in [0.05, 0.1) is 25.2 Å². The van der Waals surface area contributed by atoms with Gasteiger partial charge in [-0.15, -0.1) is 0 Å². The number of likely N-dealkylation sites (N-methyl/N-ethyl adjacent to an activating group) is 1. The second-order valence-corrected chi connectivity index (χ2v) is 11.4. The molecule has 2 heterocycles. The van der Waals surface area contributed by atoms with Crippen LogP contribution in [0.3, 0.4) is 0 Å². The van der Waals surface area contributed by atoms with Gasteiger partial charge in [0.1, 0.15) is 24.5 Å². The third-order valence-electron chi connectivity index (χ3n) is 4.58. The van der Waals surface area contributed by atoms with Crippen molar-refractivity contribution in [2.24, 2.45) is 16.5 Å². The smallest absolute Gasteiger partial charge is 0.387 e. The van der Waals surface area contributed by atoms with Crippen molar-refractivity contribution in [1.82, 2.24) is 9.80 Å². The number of ether oxygens (including phenoxy) is 1. The van der Waals surface area contributed by atoms with Crippen LogP contribution in [-0.2, 0) is 31.6 Å². The summed E-state index contributed by atoms with van der Waals surface area (Å²) in [6.45, 7) is 2.63. The molecule has 192 valence electrons. The molecule has 2 aliphatic heterocycles. The second-order valence-electron chi connectivity index (χ2n) is 6.97. The van der Waals surface area contributed by atoms with Crippen LogP contribution in [0.5, 0.6) is 0 Å². The van der Waals surface area contributed by atoms with Crippen molar-refractivity contribution in [1.29, 1.82) is 0 Å². The van der Waals surface area contributed by atoms with E-state index in [0.29, 0.717) is 0 Å². The first kappa shape index (κ1) is 28.5. The Morgan fingerprint density at radius 3 is 2.30 bits per heavy atom. The highest BCUT2D eigenvalue weighted by Crippen LogP contribution is 2.66. The molecule has 2 aliphatic rings. The number of aliphatic hydroxyl groups excluding tert-OH is 2. The van der Waals surface area contributed by atoms with Crippen molar-refractivity contribution in [2.75, 3.05) is 13.7 Å². The molecule has 0 aliphatic carbocycles. The van der Waals surface area contributed by atoms with Crippen LogP contribution in [0.2, 0.25) is 0 Å². The van der Waals surface area contributed by atoms with Crippen molar-refractivity contribution in [3.8, 4) is 0 Å². The highest BCUT2D eigenvalue weighted by Gasteiger charge is 2.49. The van der Waals surface area contributed by atoms with E-state index in [-0.39, 0.29) is 0 Å².